The van der Waals surface area contributed by atoms with E-state index >= 15 is 0 Å². The van der Waals surface area contributed by atoms with Crippen molar-refractivity contribution >= 4 is 21.8 Å². The molecule has 0 saturated heterocycles. The van der Waals surface area contributed by atoms with Crippen molar-refractivity contribution < 1.29 is 17.9 Å². The van der Waals surface area contributed by atoms with Gasteiger partial charge in [0.2, 0.25) is 10.0 Å². The summed E-state index contributed by atoms with van der Waals surface area (Å²) in [6.07, 6.45) is 1.87. The fraction of sp³-hybridized carbons (Fsp3) is 0.385. The molecule has 0 saturated carbocycles. The van der Waals surface area contributed by atoms with Crippen molar-refractivity contribution in [1.82, 2.24) is 4.72 Å². The Kier molecular flexibility index (Phi) is 6.49. The van der Waals surface area contributed by atoms with Gasteiger partial charge in [-0.2, -0.15) is 11.8 Å². The second-order valence-corrected chi connectivity index (χ2v) is 7.01. The molecule has 110 valence electrons. The summed E-state index contributed by atoms with van der Waals surface area (Å²) in [5, 5.41) is 8.65. The molecule has 0 fully saturated rings. The van der Waals surface area contributed by atoms with Crippen molar-refractivity contribution in [3.63, 3.8) is 0 Å². The number of nitrogens with one attached hydrogen (secondary N) is 1. The summed E-state index contributed by atoms with van der Waals surface area (Å²) in [5.41, 5.74) is 0.313. The Morgan fingerprint density at radius 1 is 1.50 bits per heavy atom. The molecule has 1 aromatic carbocycles. The zero-order valence-corrected chi connectivity index (χ0v) is 12.8. The fourth-order valence-electron chi connectivity index (χ4n) is 1.33. The van der Waals surface area contributed by atoms with Crippen LogP contribution in [0.4, 0.5) is 4.39 Å². The lowest BCUT2D eigenvalue weighted by atomic mass is 10.2. The van der Waals surface area contributed by atoms with Crippen molar-refractivity contribution in [1.29, 1.82) is 0 Å². The molecule has 2 N–H and O–H groups in total. The van der Waals surface area contributed by atoms with Gasteiger partial charge in [-0.15, -0.1) is 0 Å². The van der Waals surface area contributed by atoms with Crippen LogP contribution in [0.15, 0.2) is 23.1 Å². The van der Waals surface area contributed by atoms with Crippen LogP contribution in [0.5, 0.6) is 0 Å². The van der Waals surface area contributed by atoms with E-state index in [0.29, 0.717) is 5.56 Å². The Bertz CT molecular complexity index is 620. The normalized spacial score (nSPS) is 12.6. The summed E-state index contributed by atoms with van der Waals surface area (Å²) < 4.78 is 40.1. The number of thioether (sulfide) groups is 1. The highest BCUT2D eigenvalue weighted by molar-refractivity contribution is 7.99. The van der Waals surface area contributed by atoms with Gasteiger partial charge < -0.3 is 5.11 Å². The molecule has 1 aromatic rings. The van der Waals surface area contributed by atoms with Gasteiger partial charge in [0.15, 0.2) is 0 Å². The quantitative estimate of drug-likeness (QED) is 0.801. The van der Waals surface area contributed by atoms with Crippen LogP contribution in [0.2, 0.25) is 0 Å². The number of halogens is 1. The zero-order valence-electron chi connectivity index (χ0n) is 11.2. The first-order valence-electron chi connectivity index (χ1n) is 5.82. The molecule has 0 radical (unpaired) electrons. The highest BCUT2D eigenvalue weighted by Crippen LogP contribution is 2.16. The number of hydrogen-bond donors (Lipinski definition) is 2. The summed E-state index contributed by atoms with van der Waals surface area (Å²) in [4.78, 5) is -0.402. The summed E-state index contributed by atoms with van der Waals surface area (Å²) in [5.74, 6) is 4.02. The van der Waals surface area contributed by atoms with E-state index in [1.807, 2.05) is 13.2 Å². The molecule has 0 heterocycles. The summed E-state index contributed by atoms with van der Waals surface area (Å²) in [6, 6.07) is 3.61. The lowest BCUT2D eigenvalue weighted by Crippen LogP contribution is -2.30. The van der Waals surface area contributed by atoms with Crippen LogP contribution in [0.3, 0.4) is 0 Å². The van der Waals surface area contributed by atoms with Gasteiger partial charge in [0, 0.05) is 17.4 Å². The topological polar surface area (TPSA) is 66.4 Å². The molecule has 4 nitrogen and oxygen atoms in total. The smallest absolute Gasteiger partial charge is 0.243 e. The van der Waals surface area contributed by atoms with E-state index < -0.39 is 20.7 Å². The van der Waals surface area contributed by atoms with E-state index in [1.54, 1.807) is 0 Å². The number of rotatable bonds is 5. The Hall–Kier alpha value is -1.07. The molecular weight excluding hydrogens is 301 g/mol. The Labute approximate surface area is 122 Å². The molecule has 1 unspecified atom stereocenters. The Morgan fingerprint density at radius 2 is 2.20 bits per heavy atom. The third-order valence-corrected chi connectivity index (χ3v) is 4.92. The number of hydrogen-bond acceptors (Lipinski definition) is 4. The van der Waals surface area contributed by atoms with Crippen molar-refractivity contribution in [3.05, 3.63) is 29.6 Å². The van der Waals surface area contributed by atoms with Gasteiger partial charge >= 0.3 is 0 Å². The maximum Gasteiger partial charge on any atom is 0.243 e. The van der Waals surface area contributed by atoms with Crippen LogP contribution in [0, 0.1) is 17.7 Å². The second kappa shape index (κ2) is 7.64. The van der Waals surface area contributed by atoms with Crippen LogP contribution in [0.25, 0.3) is 0 Å². The lowest BCUT2D eigenvalue weighted by Gasteiger charge is -2.11. The van der Waals surface area contributed by atoms with Gasteiger partial charge in [0.05, 0.1) is 0 Å². The first-order valence-corrected chi connectivity index (χ1v) is 8.59. The molecule has 0 spiro atoms. The van der Waals surface area contributed by atoms with E-state index in [2.05, 4.69) is 16.6 Å². The third-order valence-electron chi connectivity index (χ3n) is 2.50. The summed E-state index contributed by atoms with van der Waals surface area (Å²) in [7, 11) is -3.87. The average Bonchev–Trinajstić information content (AvgIpc) is 2.42. The molecule has 0 aliphatic heterocycles. The van der Waals surface area contributed by atoms with Crippen LogP contribution in [0.1, 0.15) is 12.5 Å². The van der Waals surface area contributed by atoms with E-state index in [-0.39, 0.29) is 18.4 Å². The summed E-state index contributed by atoms with van der Waals surface area (Å²) >= 11 is 1.51. The minimum Gasteiger partial charge on any atom is -0.384 e. The van der Waals surface area contributed by atoms with E-state index in [1.165, 1.54) is 23.9 Å². The molecular formula is C13H16FNO3S2. The van der Waals surface area contributed by atoms with E-state index in [4.69, 9.17) is 5.11 Å². The highest BCUT2D eigenvalue weighted by Gasteiger charge is 2.19. The van der Waals surface area contributed by atoms with Crippen LogP contribution < -0.4 is 4.72 Å². The fourth-order valence-corrected chi connectivity index (χ4v) is 2.87. The average molecular weight is 317 g/mol. The second-order valence-electron chi connectivity index (χ2n) is 4.00. The highest BCUT2D eigenvalue weighted by atomic mass is 32.2. The SMILES string of the molecule is CSC(C)CNS(=O)(=O)c1ccc(C#CCO)cc1F. The Balaban J connectivity index is 2.96. The summed E-state index contributed by atoms with van der Waals surface area (Å²) in [6.45, 7) is 1.77. The van der Waals surface area contributed by atoms with Gasteiger partial charge in [-0.3, -0.25) is 0 Å². The van der Waals surface area contributed by atoms with E-state index in [0.717, 1.165) is 6.07 Å². The van der Waals surface area contributed by atoms with Gasteiger partial charge in [-0.05, 0) is 24.5 Å². The lowest BCUT2D eigenvalue weighted by molar-refractivity contribution is 0.350. The van der Waals surface area contributed by atoms with Gasteiger partial charge in [-0.25, -0.2) is 17.5 Å². The van der Waals surface area contributed by atoms with Crippen LogP contribution in [-0.4, -0.2) is 38.2 Å². The molecule has 7 heteroatoms. The molecule has 1 atom stereocenters. The predicted octanol–water partition coefficient (Wildman–Crippen LogP) is 1.20. The van der Waals surface area contributed by atoms with Crippen molar-refractivity contribution in [2.45, 2.75) is 17.1 Å². The van der Waals surface area contributed by atoms with Crippen LogP contribution >= 0.6 is 11.8 Å². The van der Waals surface area contributed by atoms with Crippen molar-refractivity contribution in [2.24, 2.45) is 0 Å². The van der Waals surface area contributed by atoms with Crippen LogP contribution in [-0.2, 0) is 10.0 Å². The third kappa shape index (κ3) is 4.80. The number of aliphatic hydroxyl groups is 1. The molecule has 0 amide bonds. The predicted molar refractivity (Wildman–Crippen MR) is 78.5 cm³/mol. The van der Waals surface area contributed by atoms with Gasteiger partial charge in [0.25, 0.3) is 0 Å². The monoisotopic (exact) mass is 317 g/mol. The van der Waals surface area contributed by atoms with E-state index in [9.17, 15) is 12.8 Å². The molecule has 0 bridgehead atoms. The minimum atomic E-state index is -3.87. The first kappa shape index (κ1) is 17.0. The van der Waals surface area contributed by atoms with Crippen molar-refractivity contribution in [2.75, 3.05) is 19.4 Å². The number of benzene rings is 1. The molecule has 0 aliphatic rings. The minimum absolute atomic E-state index is 0.0996. The molecule has 0 aliphatic carbocycles. The number of sulfonamides is 1. The standard InChI is InChI=1S/C13H16FNO3S2/c1-10(19-2)9-15-20(17,18)13-6-5-11(4-3-7-16)8-12(13)14/h5-6,8,10,15-16H,7,9H2,1-2H3. The Morgan fingerprint density at radius 3 is 2.75 bits per heavy atom. The first-order chi connectivity index (χ1) is 9.40. The maximum atomic E-state index is 13.8. The molecule has 0 aromatic heterocycles. The largest absolute Gasteiger partial charge is 0.384 e. The zero-order chi connectivity index (χ0) is 15.2. The van der Waals surface area contributed by atoms with Gasteiger partial charge in [0.1, 0.15) is 17.3 Å². The molecule has 20 heavy (non-hydrogen) atoms. The molecule has 1 rings (SSSR count). The van der Waals surface area contributed by atoms with Gasteiger partial charge in [-0.1, -0.05) is 18.8 Å². The number of aliphatic hydroxyl groups excluding tert-OH is 1. The van der Waals surface area contributed by atoms with Crippen molar-refractivity contribution in [3.8, 4) is 11.8 Å². The maximum absolute atomic E-state index is 13.8.